The SMILES string of the molecule is CCN(CC)c1ccc(-c2nnc(SCc3nc(-c4ccccc4OC)no3)o2)cc1. The Hall–Kier alpha value is -3.33. The van der Waals surface area contributed by atoms with Gasteiger partial charge in [-0.25, -0.2) is 0 Å². The number of hydrogen-bond donors (Lipinski definition) is 0. The summed E-state index contributed by atoms with van der Waals surface area (Å²) in [5.74, 6) is 2.54. The number of rotatable bonds is 9. The van der Waals surface area contributed by atoms with Crippen molar-refractivity contribution < 1.29 is 13.7 Å². The lowest BCUT2D eigenvalue weighted by molar-refractivity contribution is 0.389. The van der Waals surface area contributed by atoms with Crippen LogP contribution >= 0.6 is 11.8 Å². The highest BCUT2D eigenvalue weighted by atomic mass is 32.2. The van der Waals surface area contributed by atoms with E-state index in [9.17, 15) is 0 Å². The van der Waals surface area contributed by atoms with Gasteiger partial charge in [0.25, 0.3) is 5.22 Å². The molecule has 2 aromatic carbocycles. The van der Waals surface area contributed by atoms with Crippen LogP contribution in [0.2, 0.25) is 0 Å². The molecule has 0 unspecified atom stereocenters. The zero-order chi connectivity index (χ0) is 21.6. The molecule has 0 amide bonds. The summed E-state index contributed by atoms with van der Waals surface area (Å²) in [4.78, 5) is 6.72. The highest BCUT2D eigenvalue weighted by molar-refractivity contribution is 7.98. The molecule has 8 nitrogen and oxygen atoms in total. The van der Waals surface area contributed by atoms with Crippen LogP contribution in [0.4, 0.5) is 5.69 Å². The van der Waals surface area contributed by atoms with Gasteiger partial charge >= 0.3 is 0 Å². The summed E-state index contributed by atoms with van der Waals surface area (Å²) < 4.78 is 16.5. The Bertz CT molecular complexity index is 1120. The topological polar surface area (TPSA) is 90.3 Å². The molecule has 0 fully saturated rings. The van der Waals surface area contributed by atoms with E-state index in [1.54, 1.807) is 7.11 Å². The van der Waals surface area contributed by atoms with Crippen LogP contribution in [0, 0.1) is 0 Å². The zero-order valence-corrected chi connectivity index (χ0v) is 18.4. The second-order valence-electron chi connectivity index (χ2n) is 6.59. The van der Waals surface area contributed by atoms with Crippen molar-refractivity contribution in [3.05, 3.63) is 54.4 Å². The lowest BCUT2D eigenvalue weighted by Gasteiger charge is -2.20. The minimum Gasteiger partial charge on any atom is -0.496 e. The Kier molecular flexibility index (Phi) is 6.51. The normalized spacial score (nSPS) is 10.9. The first-order chi connectivity index (χ1) is 15.2. The second kappa shape index (κ2) is 9.65. The number of hydrogen-bond acceptors (Lipinski definition) is 9. The molecule has 31 heavy (non-hydrogen) atoms. The van der Waals surface area contributed by atoms with E-state index in [1.807, 2.05) is 36.4 Å². The largest absolute Gasteiger partial charge is 0.496 e. The average molecular weight is 438 g/mol. The van der Waals surface area contributed by atoms with Crippen LogP contribution in [0.25, 0.3) is 22.8 Å². The number of anilines is 1. The summed E-state index contributed by atoms with van der Waals surface area (Å²) in [5, 5.41) is 12.8. The maximum atomic E-state index is 5.79. The van der Waals surface area contributed by atoms with Gasteiger partial charge in [-0.15, -0.1) is 10.2 Å². The van der Waals surface area contributed by atoms with Crippen LogP contribution in [0.15, 0.2) is 62.7 Å². The Morgan fingerprint density at radius 3 is 2.52 bits per heavy atom. The Morgan fingerprint density at radius 1 is 1.00 bits per heavy atom. The van der Waals surface area contributed by atoms with Crippen LogP contribution in [-0.2, 0) is 5.75 Å². The van der Waals surface area contributed by atoms with Crippen LogP contribution in [0.3, 0.4) is 0 Å². The molecule has 0 radical (unpaired) electrons. The molecule has 0 atom stereocenters. The maximum absolute atomic E-state index is 5.79. The number of benzene rings is 2. The molecule has 0 saturated carbocycles. The third-order valence-electron chi connectivity index (χ3n) is 4.78. The Morgan fingerprint density at radius 2 is 1.77 bits per heavy atom. The number of ether oxygens (including phenoxy) is 1. The summed E-state index contributed by atoms with van der Waals surface area (Å²) in [6, 6.07) is 15.7. The molecule has 4 rings (SSSR count). The van der Waals surface area contributed by atoms with Crippen molar-refractivity contribution >= 4 is 17.4 Å². The van der Waals surface area contributed by atoms with Gasteiger partial charge in [-0.05, 0) is 50.2 Å². The van der Waals surface area contributed by atoms with Gasteiger partial charge in [0.1, 0.15) is 5.75 Å². The lowest BCUT2D eigenvalue weighted by Crippen LogP contribution is -2.21. The summed E-state index contributed by atoms with van der Waals surface area (Å²) in [7, 11) is 1.61. The van der Waals surface area contributed by atoms with Crippen molar-refractivity contribution in [1.82, 2.24) is 20.3 Å². The average Bonchev–Trinajstić information content (AvgIpc) is 3.49. The highest BCUT2D eigenvalue weighted by Crippen LogP contribution is 2.30. The van der Waals surface area contributed by atoms with Gasteiger partial charge in [0.2, 0.25) is 17.6 Å². The minimum atomic E-state index is 0.421. The standard InChI is InChI=1S/C22H23N5O3S/c1-4-27(5-2)16-12-10-15(11-13-16)21-24-25-22(29-21)31-14-19-23-20(26-30-19)17-8-6-7-9-18(17)28-3/h6-13H,4-5,14H2,1-3H3. The summed E-state index contributed by atoms with van der Waals surface area (Å²) >= 11 is 1.35. The molecule has 0 aliphatic rings. The first-order valence-corrected chi connectivity index (χ1v) is 11.0. The van der Waals surface area contributed by atoms with Gasteiger partial charge in [-0.1, -0.05) is 29.1 Å². The number of thioether (sulfide) groups is 1. The predicted octanol–water partition coefficient (Wildman–Crippen LogP) is 4.93. The van der Waals surface area contributed by atoms with Crippen molar-refractivity contribution in [1.29, 1.82) is 0 Å². The second-order valence-corrected chi connectivity index (χ2v) is 7.52. The van der Waals surface area contributed by atoms with E-state index < -0.39 is 0 Å². The predicted molar refractivity (Wildman–Crippen MR) is 119 cm³/mol. The summed E-state index contributed by atoms with van der Waals surface area (Å²) in [6.07, 6.45) is 0. The van der Waals surface area contributed by atoms with Gasteiger partial charge < -0.3 is 18.6 Å². The molecule has 0 spiro atoms. The van der Waals surface area contributed by atoms with Gasteiger partial charge in [0.15, 0.2) is 0 Å². The first-order valence-electron chi connectivity index (χ1n) is 9.99. The molecule has 2 heterocycles. The van der Waals surface area contributed by atoms with E-state index in [0.717, 1.165) is 24.2 Å². The van der Waals surface area contributed by atoms with Crippen LogP contribution in [0.5, 0.6) is 5.75 Å². The molecule has 0 saturated heterocycles. The first kappa shape index (κ1) is 20.9. The highest BCUT2D eigenvalue weighted by Gasteiger charge is 2.15. The fourth-order valence-electron chi connectivity index (χ4n) is 3.16. The number of methoxy groups -OCH3 is 1. The minimum absolute atomic E-state index is 0.421. The summed E-state index contributed by atoms with van der Waals surface area (Å²) in [5.41, 5.74) is 2.83. The lowest BCUT2D eigenvalue weighted by atomic mass is 10.2. The number of aromatic nitrogens is 4. The van der Waals surface area contributed by atoms with E-state index >= 15 is 0 Å². The fourth-order valence-corrected chi connectivity index (χ4v) is 3.76. The van der Waals surface area contributed by atoms with E-state index in [4.69, 9.17) is 13.7 Å². The Labute approximate surface area is 184 Å². The number of para-hydroxylation sites is 1. The molecular weight excluding hydrogens is 414 g/mol. The maximum Gasteiger partial charge on any atom is 0.277 e. The Balaban J connectivity index is 1.40. The van der Waals surface area contributed by atoms with Crippen molar-refractivity contribution in [3.8, 4) is 28.6 Å². The molecule has 160 valence electrons. The van der Waals surface area contributed by atoms with Crippen molar-refractivity contribution in [2.45, 2.75) is 24.8 Å². The zero-order valence-electron chi connectivity index (χ0n) is 17.6. The van der Waals surface area contributed by atoms with E-state index in [1.165, 1.54) is 17.4 Å². The quantitative estimate of drug-likeness (QED) is 0.338. The van der Waals surface area contributed by atoms with E-state index in [0.29, 0.717) is 34.3 Å². The van der Waals surface area contributed by atoms with Crippen molar-refractivity contribution in [3.63, 3.8) is 0 Å². The van der Waals surface area contributed by atoms with Gasteiger partial charge in [-0.2, -0.15) is 4.98 Å². The third kappa shape index (κ3) is 4.72. The smallest absolute Gasteiger partial charge is 0.277 e. The van der Waals surface area contributed by atoms with Gasteiger partial charge in [-0.3, -0.25) is 0 Å². The monoisotopic (exact) mass is 437 g/mol. The van der Waals surface area contributed by atoms with Gasteiger partial charge in [0, 0.05) is 24.3 Å². The molecular formula is C22H23N5O3S. The fraction of sp³-hybridized carbons (Fsp3) is 0.273. The van der Waals surface area contributed by atoms with Crippen LogP contribution in [0.1, 0.15) is 19.7 Å². The van der Waals surface area contributed by atoms with Crippen LogP contribution in [-0.4, -0.2) is 40.5 Å². The van der Waals surface area contributed by atoms with Gasteiger partial charge in [0.05, 0.1) is 18.4 Å². The molecule has 4 aromatic rings. The molecule has 0 N–H and O–H groups in total. The molecule has 2 aromatic heterocycles. The van der Waals surface area contributed by atoms with Crippen molar-refractivity contribution in [2.75, 3.05) is 25.1 Å². The summed E-state index contributed by atoms with van der Waals surface area (Å²) in [6.45, 7) is 6.21. The number of nitrogens with zero attached hydrogens (tertiary/aromatic N) is 5. The van der Waals surface area contributed by atoms with E-state index in [-0.39, 0.29) is 0 Å². The van der Waals surface area contributed by atoms with Crippen LogP contribution < -0.4 is 9.64 Å². The molecule has 0 bridgehead atoms. The molecule has 0 aliphatic heterocycles. The molecule has 0 aliphatic carbocycles. The molecule has 9 heteroatoms. The third-order valence-corrected chi connectivity index (χ3v) is 5.59. The van der Waals surface area contributed by atoms with E-state index in [2.05, 4.69) is 51.2 Å². The van der Waals surface area contributed by atoms with Crippen molar-refractivity contribution in [2.24, 2.45) is 0 Å².